The van der Waals surface area contributed by atoms with Crippen LogP contribution in [0.1, 0.15) is 19.4 Å². The van der Waals surface area contributed by atoms with Gasteiger partial charge in [-0.25, -0.2) is 0 Å². The van der Waals surface area contributed by atoms with Gasteiger partial charge in [-0.2, -0.15) is 0 Å². The minimum Gasteiger partial charge on any atom is -0.326 e. The van der Waals surface area contributed by atoms with Crippen molar-refractivity contribution in [3.05, 3.63) is 28.2 Å². The third-order valence-electron chi connectivity index (χ3n) is 2.81. The normalized spacial score (nSPS) is 11.1. The lowest BCUT2D eigenvalue weighted by molar-refractivity contribution is 0.324. The standard InChI is InChI=1S/C13H21BrN2S/c1-3-16(4-2)7-8-17-13-9-12(14)6-5-11(13)10-15/h5-6,9H,3-4,7-8,10,15H2,1-2H3. The van der Waals surface area contributed by atoms with E-state index in [-0.39, 0.29) is 0 Å². The number of thioether (sulfide) groups is 1. The Bertz CT molecular complexity index is 340. The highest BCUT2D eigenvalue weighted by Crippen LogP contribution is 2.26. The number of hydrogen-bond donors (Lipinski definition) is 1. The fourth-order valence-electron chi connectivity index (χ4n) is 1.66. The molecule has 96 valence electrons. The van der Waals surface area contributed by atoms with E-state index in [1.807, 2.05) is 11.8 Å². The molecule has 17 heavy (non-hydrogen) atoms. The Morgan fingerprint density at radius 1 is 1.29 bits per heavy atom. The van der Waals surface area contributed by atoms with Crippen molar-refractivity contribution in [2.24, 2.45) is 5.73 Å². The molecule has 0 aliphatic carbocycles. The lowest BCUT2D eigenvalue weighted by Crippen LogP contribution is -2.25. The molecule has 0 amide bonds. The predicted octanol–water partition coefficient (Wildman–Crippen LogP) is 3.34. The lowest BCUT2D eigenvalue weighted by atomic mass is 10.2. The Morgan fingerprint density at radius 3 is 2.59 bits per heavy atom. The molecule has 0 fully saturated rings. The van der Waals surface area contributed by atoms with E-state index >= 15 is 0 Å². The van der Waals surface area contributed by atoms with Crippen LogP contribution in [0.25, 0.3) is 0 Å². The quantitative estimate of drug-likeness (QED) is 0.782. The molecule has 0 heterocycles. The molecule has 1 rings (SSSR count). The van der Waals surface area contributed by atoms with Crippen molar-refractivity contribution in [3.8, 4) is 0 Å². The number of halogens is 1. The Hall–Kier alpha value is -0.0300. The summed E-state index contributed by atoms with van der Waals surface area (Å²) < 4.78 is 1.13. The molecule has 0 aliphatic rings. The number of nitrogens with zero attached hydrogens (tertiary/aromatic N) is 1. The van der Waals surface area contributed by atoms with Crippen molar-refractivity contribution in [3.63, 3.8) is 0 Å². The largest absolute Gasteiger partial charge is 0.326 e. The molecule has 0 aromatic heterocycles. The first-order chi connectivity index (χ1) is 8.21. The highest BCUT2D eigenvalue weighted by Gasteiger charge is 2.04. The van der Waals surface area contributed by atoms with Crippen molar-refractivity contribution >= 4 is 27.7 Å². The van der Waals surface area contributed by atoms with Crippen LogP contribution in [0.3, 0.4) is 0 Å². The summed E-state index contributed by atoms with van der Waals surface area (Å²) in [6, 6.07) is 6.32. The fraction of sp³-hybridized carbons (Fsp3) is 0.538. The smallest absolute Gasteiger partial charge is 0.0189 e. The van der Waals surface area contributed by atoms with Gasteiger partial charge in [-0.05, 0) is 30.8 Å². The zero-order chi connectivity index (χ0) is 12.7. The topological polar surface area (TPSA) is 29.3 Å². The van der Waals surface area contributed by atoms with E-state index in [4.69, 9.17) is 5.73 Å². The van der Waals surface area contributed by atoms with Gasteiger partial charge in [0.2, 0.25) is 0 Å². The molecule has 0 saturated heterocycles. The molecule has 0 aliphatic heterocycles. The summed E-state index contributed by atoms with van der Waals surface area (Å²) in [6.07, 6.45) is 0. The summed E-state index contributed by atoms with van der Waals surface area (Å²) in [7, 11) is 0. The van der Waals surface area contributed by atoms with Crippen LogP contribution in [-0.2, 0) is 6.54 Å². The minimum absolute atomic E-state index is 0.612. The molecule has 2 nitrogen and oxygen atoms in total. The van der Waals surface area contributed by atoms with Crippen molar-refractivity contribution in [2.45, 2.75) is 25.3 Å². The van der Waals surface area contributed by atoms with Gasteiger partial charge in [0.1, 0.15) is 0 Å². The van der Waals surface area contributed by atoms with Crippen LogP contribution in [0.4, 0.5) is 0 Å². The number of nitrogens with two attached hydrogens (primary N) is 1. The molecular weight excluding hydrogens is 296 g/mol. The molecule has 0 radical (unpaired) electrons. The van der Waals surface area contributed by atoms with E-state index in [1.54, 1.807) is 0 Å². The fourth-order valence-corrected chi connectivity index (χ4v) is 3.28. The summed E-state index contributed by atoms with van der Waals surface area (Å²) in [5.74, 6) is 1.12. The number of benzene rings is 1. The molecule has 0 atom stereocenters. The van der Waals surface area contributed by atoms with Gasteiger partial charge in [0.05, 0.1) is 0 Å². The molecule has 0 bridgehead atoms. The van der Waals surface area contributed by atoms with Gasteiger partial charge < -0.3 is 10.6 Å². The number of hydrogen-bond acceptors (Lipinski definition) is 3. The summed E-state index contributed by atoms with van der Waals surface area (Å²) in [5, 5.41) is 0. The summed E-state index contributed by atoms with van der Waals surface area (Å²) in [4.78, 5) is 3.74. The first-order valence-electron chi connectivity index (χ1n) is 6.04. The minimum atomic E-state index is 0.612. The molecule has 2 N–H and O–H groups in total. The molecule has 1 aromatic rings. The van der Waals surface area contributed by atoms with Crippen LogP contribution in [0.15, 0.2) is 27.6 Å². The van der Waals surface area contributed by atoms with Crippen LogP contribution >= 0.6 is 27.7 Å². The van der Waals surface area contributed by atoms with Crippen molar-refractivity contribution in [1.82, 2.24) is 4.90 Å². The third-order valence-corrected chi connectivity index (χ3v) is 4.38. The maximum atomic E-state index is 5.75. The van der Waals surface area contributed by atoms with Gasteiger partial charge in [0.25, 0.3) is 0 Å². The van der Waals surface area contributed by atoms with Gasteiger partial charge in [0.15, 0.2) is 0 Å². The average molecular weight is 317 g/mol. The second-order valence-corrected chi connectivity index (χ2v) is 5.88. The van der Waals surface area contributed by atoms with E-state index in [2.05, 4.69) is 52.9 Å². The first kappa shape index (κ1) is 15.0. The molecule has 0 unspecified atom stereocenters. The van der Waals surface area contributed by atoms with Crippen LogP contribution in [0.2, 0.25) is 0 Å². The molecule has 0 saturated carbocycles. The number of rotatable bonds is 7. The molecule has 4 heteroatoms. The molecular formula is C13H21BrN2S. The van der Waals surface area contributed by atoms with Crippen molar-refractivity contribution < 1.29 is 0 Å². The van der Waals surface area contributed by atoms with E-state index < -0.39 is 0 Å². The monoisotopic (exact) mass is 316 g/mol. The highest BCUT2D eigenvalue weighted by atomic mass is 79.9. The summed E-state index contributed by atoms with van der Waals surface area (Å²) >= 11 is 5.40. The van der Waals surface area contributed by atoms with Crippen LogP contribution < -0.4 is 5.73 Å². The second-order valence-electron chi connectivity index (χ2n) is 3.83. The Labute approximate surface area is 117 Å². The Kier molecular flexibility index (Phi) is 7.19. The zero-order valence-electron chi connectivity index (χ0n) is 10.6. The SMILES string of the molecule is CCN(CC)CCSc1cc(Br)ccc1CN. The third kappa shape index (κ3) is 5.00. The van der Waals surface area contributed by atoms with Crippen LogP contribution in [-0.4, -0.2) is 30.3 Å². The van der Waals surface area contributed by atoms with Crippen LogP contribution in [0, 0.1) is 0 Å². The average Bonchev–Trinajstić information content (AvgIpc) is 2.35. The molecule has 0 spiro atoms. The summed E-state index contributed by atoms with van der Waals surface area (Å²) in [6.45, 7) is 8.41. The van der Waals surface area contributed by atoms with E-state index in [0.29, 0.717) is 6.54 Å². The van der Waals surface area contributed by atoms with E-state index in [9.17, 15) is 0 Å². The van der Waals surface area contributed by atoms with Gasteiger partial charge in [-0.3, -0.25) is 0 Å². The second kappa shape index (κ2) is 8.14. The first-order valence-corrected chi connectivity index (χ1v) is 7.82. The van der Waals surface area contributed by atoms with Crippen LogP contribution in [0.5, 0.6) is 0 Å². The summed E-state index contributed by atoms with van der Waals surface area (Å²) in [5.41, 5.74) is 6.98. The van der Waals surface area contributed by atoms with Crippen molar-refractivity contribution in [2.75, 3.05) is 25.4 Å². The van der Waals surface area contributed by atoms with E-state index in [1.165, 1.54) is 10.5 Å². The van der Waals surface area contributed by atoms with Gasteiger partial charge in [-0.1, -0.05) is 35.8 Å². The highest BCUT2D eigenvalue weighted by molar-refractivity contribution is 9.10. The lowest BCUT2D eigenvalue weighted by Gasteiger charge is -2.17. The van der Waals surface area contributed by atoms with Gasteiger partial charge in [-0.15, -0.1) is 11.8 Å². The molecule has 1 aromatic carbocycles. The Balaban J connectivity index is 2.53. The zero-order valence-corrected chi connectivity index (χ0v) is 13.0. The Morgan fingerprint density at radius 2 is 2.00 bits per heavy atom. The maximum Gasteiger partial charge on any atom is 0.0189 e. The van der Waals surface area contributed by atoms with Gasteiger partial charge >= 0.3 is 0 Å². The maximum absolute atomic E-state index is 5.75. The predicted molar refractivity (Wildman–Crippen MR) is 80.5 cm³/mol. The van der Waals surface area contributed by atoms with Crippen molar-refractivity contribution in [1.29, 1.82) is 0 Å². The van der Waals surface area contributed by atoms with Gasteiger partial charge in [0, 0.05) is 28.2 Å². The van der Waals surface area contributed by atoms with E-state index in [0.717, 1.165) is 29.9 Å².